The summed E-state index contributed by atoms with van der Waals surface area (Å²) in [6.07, 6.45) is 1.52. The molecular formula is C22H34N2O2. The Morgan fingerprint density at radius 2 is 1.81 bits per heavy atom. The van der Waals surface area contributed by atoms with Crippen molar-refractivity contribution in [3.05, 3.63) is 35.4 Å². The Labute approximate surface area is 158 Å². The van der Waals surface area contributed by atoms with E-state index in [-0.39, 0.29) is 23.7 Å². The SMILES string of the molecule is Cc1ccccc1[C@@H]1CN(C(=O)CC(C)C)C[C@@H]1C(=O)NCCC(C)C. The van der Waals surface area contributed by atoms with Crippen molar-refractivity contribution < 1.29 is 9.59 Å². The molecule has 2 amide bonds. The lowest BCUT2D eigenvalue weighted by Gasteiger charge is -2.20. The monoisotopic (exact) mass is 358 g/mol. The number of aryl methyl sites for hydroxylation is 1. The summed E-state index contributed by atoms with van der Waals surface area (Å²) in [5, 5.41) is 3.10. The summed E-state index contributed by atoms with van der Waals surface area (Å²) in [5.41, 5.74) is 2.38. The van der Waals surface area contributed by atoms with Gasteiger partial charge in [0.25, 0.3) is 0 Å². The first kappa shape index (κ1) is 20.5. The van der Waals surface area contributed by atoms with E-state index in [1.807, 2.05) is 17.0 Å². The van der Waals surface area contributed by atoms with E-state index in [0.29, 0.717) is 37.9 Å². The van der Waals surface area contributed by atoms with E-state index < -0.39 is 0 Å². The summed E-state index contributed by atoms with van der Waals surface area (Å²) >= 11 is 0. The highest BCUT2D eigenvalue weighted by molar-refractivity contribution is 5.83. The second kappa shape index (κ2) is 9.20. The smallest absolute Gasteiger partial charge is 0.225 e. The zero-order chi connectivity index (χ0) is 19.3. The Hall–Kier alpha value is -1.84. The molecular weight excluding hydrogens is 324 g/mol. The van der Waals surface area contributed by atoms with Crippen LogP contribution in [0.15, 0.2) is 24.3 Å². The highest BCUT2D eigenvalue weighted by Crippen LogP contribution is 2.35. The van der Waals surface area contributed by atoms with E-state index in [0.717, 1.165) is 6.42 Å². The van der Waals surface area contributed by atoms with Crippen LogP contribution in [0.4, 0.5) is 0 Å². The van der Waals surface area contributed by atoms with Crippen molar-refractivity contribution in [3.63, 3.8) is 0 Å². The van der Waals surface area contributed by atoms with Crippen LogP contribution in [0.2, 0.25) is 0 Å². The quantitative estimate of drug-likeness (QED) is 0.807. The number of likely N-dealkylation sites (tertiary alicyclic amines) is 1. The Balaban J connectivity index is 2.16. The van der Waals surface area contributed by atoms with Gasteiger partial charge in [0.15, 0.2) is 0 Å². The second-order valence-electron chi connectivity index (χ2n) is 8.44. The summed E-state index contributed by atoms with van der Waals surface area (Å²) in [6, 6.07) is 8.23. The molecule has 1 N–H and O–H groups in total. The van der Waals surface area contributed by atoms with E-state index in [9.17, 15) is 9.59 Å². The van der Waals surface area contributed by atoms with Gasteiger partial charge in [-0.25, -0.2) is 0 Å². The second-order valence-corrected chi connectivity index (χ2v) is 8.44. The molecule has 1 fully saturated rings. The molecule has 0 aliphatic carbocycles. The average molecular weight is 359 g/mol. The van der Waals surface area contributed by atoms with Crippen LogP contribution >= 0.6 is 0 Å². The minimum atomic E-state index is -0.167. The van der Waals surface area contributed by atoms with Gasteiger partial charge in [-0.2, -0.15) is 0 Å². The number of amides is 2. The van der Waals surface area contributed by atoms with Crippen LogP contribution in [-0.4, -0.2) is 36.3 Å². The molecule has 0 spiro atoms. The largest absolute Gasteiger partial charge is 0.356 e. The van der Waals surface area contributed by atoms with Crippen molar-refractivity contribution in [2.24, 2.45) is 17.8 Å². The van der Waals surface area contributed by atoms with Crippen LogP contribution in [0.5, 0.6) is 0 Å². The Bertz CT molecular complexity index is 624. The van der Waals surface area contributed by atoms with Gasteiger partial charge >= 0.3 is 0 Å². The van der Waals surface area contributed by atoms with Crippen LogP contribution in [-0.2, 0) is 9.59 Å². The summed E-state index contributed by atoms with van der Waals surface area (Å²) in [4.78, 5) is 27.3. The zero-order valence-electron chi connectivity index (χ0n) is 16.9. The van der Waals surface area contributed by atoms with Gasteiger partial charge < -0.3 is 10.2 Å². The zero-order valence-corrected chi connectivity index (χ0v) is 16.9. The molecule has 4 nitrogen and oxygen atoms in total. The highest BCUT2D eigenvalue weighted by atomic mass is 16.2. The highest BCUT2D eigenvalue weighted by Gasteiger charge is 2.40. The normalized spacial score (nSPS) is 20.0. The fourth-order valence-corrected chi connectivity index (χ4v) is 3.68. The lowest BCUT2D eigenvalue weighted by molar-refractivity contribution is -0.131. The molecule has 4 heteroatoms. The predicted molar refractivity (Wildman–Crippen MR) is 106 cm³/mol. The van der Waals surface area contributed by atoms with E-state index in [2.05, 4.69) is 52.1 Å². The van der Waals surface area contributed by atoms with Crippen LogP contribution in [0, 0.1) is 24.7 Å². The number of benzene rings is 1. The first-order chi connectivity index (χ1) is 12.3. The average Bonchev–Trinajstić information content (AvgIpc) is 2.99. The summed E-state index contributed by atoms with van der Waals surface area (Å²) in [7, 11) is 0. The summed E-state index contributed by atoms with van der Waals surface area (Å²) in [6.45, 7) is 12.4. The molecule has 0 radical (unpaired) electrons. The fourth-order valence-electron chi connectivity index (χ4n) is 3.68. The van der Waals surface area contributed by atoms with Crippen molar-refractivity contribution in [2.45, 2.75) is 53.4 Å². The standard InChI is InChI=1S/C22H34N2O2/c1-15(2)10-11-23-22(26)20-14-24(21(25)12-16(3)4)13-19(20)18-9-7-6-8-17(18)5/h6-9,15-16,19-20H,10-14H2,1-5H3,(H,23,26)/t19-,20-/m0/s1. The molecule has 2 rings (SSSR count). The van der Waals surface area contributed by atoms with E-state index in [1.54, 1.807) is 0 Å². The molecule has 1 aromatic carbocycles. The number of hydrogen-bond acceptors (Lipinski definition) is 2. The Morgan fingerprint density at radius 3 is 2.42 bits per heavy atom. The van der Waals surface area contributed by atoms with Crippen molar-refractivity contribution in [1.29, 1.82) is 0 Å². The topological polar surface area (TPSA) is 49.4 Å². The molecule has 0 bridgehead atoms. The number of nitrogens with zero attached hydrogens (tertiary/aromatic N) is 1. The molecule has 1 aliphatic heterocycles. The van der Waals surface area contributed by atoms with Gasteiger partial charge in [-0.15, -0.1) is 0 Å². The molecule has 1 aromatic rings. The number of carbonyl (C=O) groups is 2. The third kappa shape index (κ3) is 5.33. The molecule has 2 atom stereocenters. The maximum absolute atomic E-state index is 12.9. The minimum absolute atomic E-state index is 0.0753. The summed E-state index contributed by atoms with van der Waals surface area (Å²) in [5.74, 6) is 1.05. The van der Waals surface area contributed by atoms with Crippen molar-refractivity contribution in [1.82, 2.24) is 10.2 Å². The Morgan fingerprint density at radius 1 is 1.12 bits per heavy atom. The van der Waals surface area contributed by atoms with Crippen LogP contribution in [0.3, 0.4) is 0 Å². The van der Waals surface area contributed by atoms with Gasteiger partial charge in [0.2, 0.25) is 11.8 Å². The number of carbonyl (C=O) groups excluding carboxylic acids is 2. The molecule has 1 heterocycles. The van der Waals surface area contributed by atoms with Crippen molar-refractivity contribution in [3.8, 4) is 0 Å². The van der Waals surface area contributed by atoms with E-state index in [4.69, 9.17) is 0 Å². The first-order valence-electron chi connectivity index (χ1n) is 9.90. The fraction of sp³-hybridized carbons (Fsp3) is 0.636. The van der Waals surface area contributed by atoms with Crippen molar-refractivity contribution in [2.75, 3.05) is 19.6 Å². The van der Waals surface area contributed by atoms with Crippen molar-refractivity contribution >= 4 is 11.8 Å². The van der Waals surface area contributed by atoms with Gasteiger partial charge in [0, 0.05) is 32.0 Å². The van der Waals surface area contributed by atoms with Gasteiger partial charge in [0.05, 0.1) is 5.92 Å². The minimum Gasteiger partial charge on any atom is -0.356 e. The van der Waals surface area contributed by atoms with Gasteiger partial charge in [-0.3, -0.25) is 9.59 Å². The van der Waals surface area contributed by atoms with Gasteiger partial charge in [0.1, 0.15) is 0 Å². The number of rotatable bonds is 7. The van der Waals surface area contributed by atoms with E-state index >= 15 is 0 Å². The number of nitrogens with one attached hydrogen (secondary N) is 1. The molecule has 144 valence electrons. The number of hydrogen-bond donors (Lipinski definition) is 1. The van der Waals surface area contributed by atoms with Crippen LogP contribution in [0.1, 0.15) is 57.6 Å². The van der Waals surface area contributed by atoms with Gasteiger partial charge in [-0.05, 0) is 36.3 Å². The maximum Gasteiger partial charge on any atom is 0.225 e. The van der Waals surface area contributed by atoms with Crippen LogP contribution in [0.25, 0.3) is 0 Å². The third-order valence-electron chi connectivity index (χ3n) is 5.20. The molecule has 1 saturated heterocycles. The molecule has 0 unspecified atom stereocenters. The predicted octanol–water partition coefficient (Wildman–Crippen LogP) is 3.75. The van der Waals surface area contributed by atoms with Crippen LogP contribution < -0.4 is 5.32 Å². The summed E-state index contributed by atoms with van der Waals surface area (Å²) < 4.78 is 0. The van der Waals surface area contributed by atoms with Gasteiger partial charge in [-0.1, -0.05) is 52.0 Å². The molecule has 1 aliphatic rings. The maximum atomic E-state index is 12.9. The molecule has 0 aromatic heterocycles. The molecule has 26 heavy (non-hydrogen) atoms. The molecule has 0 saturated carbocycles. The first-order valence-corrected chi connectivity index (χ1v) is 9.90. The Kier molecular flexibility index (Phi) is 7.24. The lowest BCUT2D eigenvalue weighted by Crippen LogP contribution is -2.36. The third-order valence-corrected chi connectivity index (χ3v) is 5.20. The lowest BCUT2D eigenvalue weighted by atomic mass is 9.86. The van der Waals surface area contributed by atoms with E-state index in [1.165, 1.54) is 11.1 Å².